The molecular weight excluding hydrogens is 326 g/mol. The highest BCUT2D eigenvalue weighted by Crippen LogP contribution is 2.24. The van der Waals surface area contributed by atoms with Crippen LogP contribution in [-0.2, 0) is 0 Å². The van der Waals surface area contributed by atoms with Crippen LogP contribution in [0.2, 0.25) is 0 Å². The number of carbonyl (C=O) groups is 1. The van der Waals surface area contributed by atoms with Gasteiger partial charge in [-0.15, -0.1) is 0 Å². The van der Waals surface area contributed by atoms with Crippen LogP contribution < -0.4 is 0 Å². The number of rotatable bonds is 3. The molecule has 2 aromatic heterocycles. The van der Waals surface area contributed by atoms with E-state index in [1.54, 1.807) is 12.4 Å². The first-order valence-corrected chi connectivity index (χ1v) is 9.02. The lowest BCUT2D eigenvalue weighted by Crippen LogP contribution is -2.40. The number of benzene rings is 1. The molecule has 0 saturated carbocycles. The zero-order valence-electron chi connectivity index (χ0n) is 15.2. The molecule has 3 heterocycles. The Kier molecular flexibility index (Phi) is 4.32. The SMILES string of the molecule is Cc1ccccc1-n1ncc(C(=O)N2CCCC(n3ccnc3)C2)c1C. The van der Waals surface area contributed by atoms with E-state index >= 15 is 0 Å². The number of likely N-dealkylation sites (tertiary alicyclic amines) is 1. The van der Waals surface area contributed by atoms with Crippen LogP contribution in [0, 0.1) is 13.8 Å². The number of para-hydroxylation sites is 1. The third kappa shape index (κ3) is 2.92. The number of aryl methyl sites for hydroxylation is 1. The Balaban J connectivity index is 1.58. The third-order valence-electron chi connectivity index (χ3n) is 5.21. The number of aromatic nitrogens is 4. The first-order chi connectivity index (χ1) is 12.6. The molecule has 0 aliphatic carbocycles. The van der Waals surface area contributed by atoms with Crippen molar-refractivity contribution in [3.63, 3.8) is 0 Å². The van der Waals surface area contributed by atoms with Gasteiger partial charge in [-0.25, -0.2) is 9.67 Å². The Morgan fingerprint density at radius 3 is 2.85 bits per heavy atom. The van der Waals surface area contributed by atoms with Crippen molar-refractivity contribution in [1.82, 2.24) is 24.2 Å². The zero-order valence-corrected chi connectivity index (χ0v) is 15.2. The Bertz CT molecular complexity index is 912. The van der Waals surface area contributed by atoms with Gasteiger partial charge in [0.15, 0.2) is 0 Å². The van der Waals surface area contributed by atoms with Gasteiger partial charge in [0.05, 0.1) is 35.5 Å². The van der Waals surface area contributed by atoms with E-state index in [1.165, 1.54) is 0 Å². The first-order valence-electron chi connectivity index (χ1n) is 9.02. The van der Waals surface area contributed by atoms with Crippen LogP contribution in [0.5, 0.6) is 0 Å². The quantitative estimate of drug-likeness (QED) is 0.730. The van der Waals surface area contributed by atoms with Crippen molar-refractivity contribution in [1.29, 1.82) is 0 Å². The van der Waals surface area contributed by atoms with E-state index in [0.29, 0.717) is 18.2 Å². The maximum absolute atomic E-state index is 13.1. The number of nitrogens with zero attached hydrogens (tertiary/aromatic N) is 5. The highest BCUT2D eigenvalue weighted by atomic mass is 16.2. The molecule has 6 heteroatoms. The van der Waals surface area contributed by atoms with Crippen molar-refractivity contribution in [3.8, 4) is 5.69 Å². The number of amides is 1. The van der Waals surface area contributed by atoms with Gasteiger partial charge in [0.2, 0.25) is 0 Å². The van der Waals surface area contributed by atoms with Crippen LogP contribution in [0.4, 0.5) is 0 Å². The van der Waals surface area contributed by atoms with Crippen LogP contribution in [-0.4, -0.2) is 43.2 Å². The number of hydrogen-bond acceptors (Lipinski definition) is 3. The average molecular weight is 349 g/mol. The van der Waals surface area contributed by atoms with Crippen molar-refractivity contribution in [3.05, 3.63) is 66.0 Å². The summed E-state index contributed by atoms with van der Waals surface area (Å²) in [6.45, 7) is 5.52. The summed E-state index contributed by atoms with van der Waals surface area (Å²) in [6.07, 6.45) is 9.36. The van der Waals surface area contributed by atoms with Crippen molar-refractivity contribution < 1.29 is 4.79 Å². The molecule has 4 rings (SSSR count). The van der Waals surface area contributed by atoms with Crippen LogP contribution in [0.15, 0.2) is 49.2 Å². The molecule has 1 aliphatic rings. The molecule has 1 amide bonds. The number of hydrogen-bond donors (Lipinski definition) is 0. The predicted octanol–water partition coefficient (Wildman–Crippen LogP) is 3.16. The van der Waals surface area contributed by atoms with Crippen molar-refractivity contribution in [2.75, 3.05) is 13.1 Å². The minimum atomic E-state index is 0.0622. The van der Waals surface area contributed by atoms with Gasteiger partial charge in [-0.1, -0.05) is 18.2 Å². The number of piperidine rings is 1. The van der Waals surface area contributed by atoms with Gasteiger partial charge in [-0.2, -0.15) is 5.10 Å². The minimum absolute atomic E-state index is 0.0622. The van der Waals surface area contributed by atoms with E-state index in [9.17, 15) is 4.79 Å². The smallest absolute Gasteiger partial charge is 0.257 e. The van der Waals surface area contributed by atoms with Gasteiger partial charge in [0.25, 0.3) is 5.91 Å². The molecule has 0 radical (unpaired) electrons. The second-order valence-corrected chi connectivity index (χ2v) is 6.90. The highest BCUT2D eigenvalue weighted by molar-refractivity contribution is 5.95. The molecule has 1 aromatic carbocycles. The summed E-state index contributed by atoms with van der Waals surface area (Å²) < 4.78 is 3.96. The predicted molar refractivity (Wildman–Crippen MR) is 99.4 cm³/mol. The highest BCUT2D eigenvalue weighted by Gasteiger charge is 2.27. The molecule has 1 aliphatic heterocycles. The summed E-state index contributed by atoms with van der Waals surface area (Å²) in [5.41, 5.74) is 3.71. The normalized spacial score (nSPS) is 17.5. The summed E-state index contributed by atoms with van der Waals surface area (Å²) in [6, 6.07) is 8.37. The molecule has 0 bridgehead atoms. The van der Waals surface area contributed by atoms with E-state index in [2.05, 4.69) is 27.6 Å². The second-order valence-electron chi connectivity index (χ2n) is 6.90. The van der Waals surface area contributed by atoms with Crippen molar-refractivity contribution in [2.24, 2.45) is 0 Å². The van der Waals surface area contributed by atoms with Gasteiger partial charge in [-0.05, 0) is 38.3 Å². The van der Waals surface area contributed by atoms with Crippen LogP contribution >= 0.6 is 0 Å². The lowest BCUT2D eigenvalue weighted by Gasteiger charge is -2.33. The molecule has 1 fully saturated rings. The Labute approximate surface area is 153 Å². The fraction of sp³-hybridized carbons (Fsp3) is 0.350. The zero-order chi connectivity index (χ0) is 18.1. The molecule has 1 saturated heterocycles. The first kappa shape index (κ1) is 16.6. The largest absolute Gasteiger partial charge is 0.336 e. The van der Waals surface area contributed by atoms with Crippen molar-refractivity contribution >= 4 is 5.91 Å². The van der Waals surface area contributed by atoms with E-state index < -0.39 is 0 Å². The van der Waals surface area contributed by atoms with E-state index in [1.807, 2.05) is 47.2 Å². The lowest BCUT2D eigenvalue weighted by atomic mass is 10.0. The van der Waals surface area contributed by atoms with Gasteiger partial charge in [0, 0.05) is 25.5 Å². The van der Waals surface area contributed by atoms with E-state index in [-0.39, 0.29) is 5.91 Å². The Morgan fingerprint density at radius 2 is 2.08 bits per heavy atom. The van der Waals surface area contributed by atoms with Gasteiger partial charge in [-0.3, -0.25) is 4.79 Å². The van der Waals surface area contributed by atoms with Crippen molar-refractivity contribution in [2.45, 2.75) is 32.7 Å². The van der Waals surface area contributed by atoms with Crippen LogP contribution in [0.3, 0.4) is 0 Å². The summed E-state index contributed by atoms with van der Waals surface area (Å²) in [4.78, 5) is 19.2. The monoisotopic (exact) mass is 349 g/mol. The molecule has 1 atom stereocenters. The van der Waals surface area contributed by atoms with E-state index in [0.717, 1.165) is 36.3 Å². The van der Waals surface area contributed by atoms with Gasteiger partial charge < -0.3 is 9.47 Å². The molecule has 1 unspecified atom stereocenters. The number of carbonyl (C=O) groups excluding carboxylic acids is 1. The molecular formula is C20H23N5O. The maximum Gasteiger partial charge on any atom is 0.257 e. The number of imidazole rings is 1. The van der Waals surface area contributed by atoms with Crippen LogP contribution in [0.1, 0.15) is 40.5 Å². The molecule has 0 N–H and O–H groups in total. The average Bonchev–Trinajstić information content (AvgIpc) is 3.32. The summed E-state index contributed by atoms with van der Waals surface area (Å²) in [5.74, 6) is 0.0622. The summed E-state index contributed by atoms with van der Waals surface area (Å²) >= 11 is 0. The minimum Gasteiger partial charge on any atom is -0.336 e. The van der Waals surface area contributed by atoms with Crippen LogP contribution in [0.25, 0.3) is 5.69 Å². The summed E-state index contributed by atoms with van der Waals surface area (Å²) in [7, 11) is 0. The fourth-order valence-electron chi connectivity index (χ4n) is 3.70. The summed E-state index contributed by atoms with van der Waals surface area (Å²) in [5, 5.41) is 4.49. The maximum atomic E-state index is 13.1. The lowest BCUT2D eigenvalue weighted by molar-refractivity contribution is 0.0678. The fourth-order valence-corrected chi connectivity index (χ4v) is 3.70. The molecule has 0 spiro atoms. The molecule has 6 nitrogen and oxygen atoms in total. The third-order valence-corrected chi connectivity index (χ3v) is 5.21. The Hall–Kier alpha value is -2.89. The Morgan fingerprint density at radius 1 is 1.23 bits per heavy atom. The topological polar surface area (TPSA) is 56.0 Å². The molecule has 134 valence electrons. The van der Waals surface area contributed by atoms with E-state index in [4.69, 9.17) is 0 Å². The molecule has 26 heavy (non-hydrogen) atoms. The standard InChI is InChI=1S/C20H23N5O/c1-15-6-3-4-8-19(15)25-16(2)18(12-22-25)20(26)23-10-5-7-17(13-23)24-11-9-21-14-24/h3-4,6,8-9,11-12,14,17H,5,7,10,13H2,1-2H3. The second kappa shape index (κ2) is 6.78. The molecule has 3 aromatic rings. The van der Waals surface area contributed by atoms with Gasteiger partial charge >= 0.3 is 0 Å². The van der Waals surface area contributed by atoms with Gasteiger partial charge in [0.1, 0.15) is 0 Å².